The van der Waals surface area contributed by atoms with Gasteiger partial charge in [0.15, 0.2) is 6.10 Å². The van der Waals surface area contributed by atoms with Crippen molar-refractivity contribution >= 4 is 19.8 Å². The molecule has 0 spiro atoms. The van der Waals surface area contributed by atoms with Crippen LogP contribution in [0.15, 0.2) is 12.2 Å². The lowest BCUT2D eigenvalue weighted by molar-refractivity contribution is -0.161. The summed E-state index contributed by atoms with van der Waals surface area (Å²) in [6.45, 7) is 3.85. The van der Waals surface area contributed by atoms with Crippen LogP contribution in [0.3, 0.4) is 0 Å². The van der Waals surface area contributed by atoms with Gasteiger partial charge in [-0.3, -0.25) is 18.6 Å². The third-order valence-electron chi connectivity index (χ3n) is 18.7. The van der Waals surface area contributed by atoms with E-state index in [1.807, 2.05) is 0 Å². The van der Waals surface area contributed by atoms with E-state index in [2.05, 4.69) is 26.0 Å². The van der Waals surface area contributed by atoms with Crippen LogP contribution < -0.4 is 5.73 Å². The monoisotopic (exact) mass is 1280 g/mol. The van der Waals surface area contributed by atoms with Gasteiger partial charge in [-0.2, -0.15) is 0 Å². The molecule has 0 amide bonds. The Bertz CT molecular complexity index is 1460. The summed E-state index contributed by atoms with van der Waals surface area (Å²) in [6.07, 6.45) is 93.7. The highest BCUT2D eigenvalue weighted by Crippen LogP contribution is 2.43. The summed E-state index contributed by atoms with van der Waals surface area (Å²) >= 11 is 0. The van der Waals surface area contributed by atoms with Gasteiger partial charge in [-0.15, -0.1) is 0 Å². The number of hydrogen-bond donors (Lipinski definition) is 2. The van der Waals surface area contributed by atoms with Crippen molar-refractivity contribution in [2.24, 2.45) is 5.73 Å². The van der Waals surface area contributed by atoms with Crippen LogP contribution in [0.1, 0.15) is 450 Å². The molecule has 0 aromatic heterocycles. The number of esters is 2. The highest BCUT2D eigenvalue weighted by atomic mass is 31.2. The van der Waals surface area contributed by atoms with Gasteiger partial charge < -0.3 is 20.1 Å². The second-order valence-electron chi connectivity index (χ2n) is 27.7. The van der Waals surface area contributed by atoms with Crippen LogP contribution in [0.4, 0.5) is 0 Å². The maximum atomic E-state index is 12.8. The molecule has 0 aromatic carbocycles. The van der Waals surface area contributed by atoms with E-state index in [4.69, 9.17) is 24.3 Å². The first kappa shape index (κ1) is 87.8. The van der Waals surface area contributed by atoms with Crippen molar-refractivity contribution in [2.45, 2.75) is 457 Å². The van der Waals surface area contributed by atoms with Crippen molar-refractivity contribution in [2.75, 3.05) is 26.4 Å². The zero-order chi connectivity index (χ0) is 64.4. The molecule has 0 saturated carbocycles. The van der Waals surface area contributed by atoms with E-state index < -0.39 is 26.5 Å². The van der Waals surface area contributed by atoms with E-state index >= 15 is 0 Å². The SMILES string of the molecule is CCCCCCCCCC/C=C\CCCCCCCCCCCCCCCCCCCCCCCCCCCCCCCC(=O)OC(COC(=O)CCCCCCCCCCCCCCCCCCCCCCCCCCCCC)COP(=O)(O)OCCN. The highest BCUT2D eigenvalue weighted by molar-refractivity contribution is 7.47. The summed E-state index contributed by atoms with van der Waals surface area (Å²) in [7, 11) is -4.39. The zero-order valence-corrected chi connectivity index (χ0v) is 60.9. The van der Waals surface area contributed by atoms with E-state index in [0.29, 0.717) is 6.42 Å². The van der Waals surface area contributed by atoms with Gasteiger partial charge >= 0.3 is 19.8 Å². The molecule has 0 rings (SSSR count). The fraction of sp³-hybridized carbons (Fsp3) is 0.949. The van der Waals surface area contributed by atoms with Gasteiger partial charge in [-0.1, -0.05) is 411 Å². The van der Waals surface area contributed by atoms with Crippen molar-refractivity contribution in [1.29, 1.82) is 0 Å². The summed E-state index contributed by atoms with van der Waals surface area (Å²) in [5.74, 6) is -0.796. The topological polar surface area (TPSA) is 134 Å². The predicted molar refractivity (Wildman–Crippen MR) is 386 cm³/mol. The van der Waals surface area contributed by atoms with E-state index in [9.17, 15) is 19.0 Å². The average Bonchev–Trinajstić information content (AvgIpc) is 3.58. The summed E-state index contributed by atoms with van der Waals surface area (Å²) in [4.78, 5) is 35.4. The third-order valence-corrected chi connectivity index (χ3v) is 19.6. The van der Waals surface area contributed by atoms with Crippen molar-refractivity contribution in [3.8, 4) is 0 Å². The third kappa shape index (κ3) is 75.7. The molecule has 9 nitrogen and oxygen atoms in total. The number of carbonyl (C=O) groups excluding carboxylic acids is 2. The lowest BCUT2D eigenvalue weighted by atomic mass is 10.0. The van der Waals surface area contributed by atoms with Gasteiger partial charge in [0.25, 0.3) is 0 Å². The van der Waals surface area contributed by atoms with Crippen LogP contribution >= 0.6 is 7.82 Å². The minimum absolute atomic E-state index is 0.0584. The van der Waals surface area contributed by atoms with Crippen LogP contribution in [0.5, 0.6) is 0 Å². The molecule has 0 aromatic rings. The molecule has 0 aliphatic carbocycles. The molecule has 0 fully saturated rings. The standard InChI is InChI=1S/C79H156NO8P/c1-3-5-7-9-11-13-15-17-19-21-23-25-27-29-31-32-33-34-35-36-37-38-39-40-41-42-43-44-46-48-50-52-54-56-58-60-62-64-66-68-70-72-79(82)88-77(76-87-89(83,84)86-74-73-80)75-85-78(81)71-69-67-65-63-61-59-57-55-53-51-49-47-45-30-28-26-24-22-20-18-16-14-12-10-8-6-4-2/h21,23,77H,3-20,22,24-76,80H2,1-2H3,(H,83,84)/b23-21-. The molecule has 89 heavy (non-hydrogen) atoms. The second kappa shape index (κ2) is 75.8. The first-order chi connectivity index (χ1) is 43.8. The molecule has 2 unspecified atom stereocenters. The number of ether oxygens (including phenoxy) is 2. The van der Waals surface area contributed by atoms with Crippen molar-refractivity contribution in [3.05, 3.63) is 12.2 Å². The van der Waals surface area contributed by atoms with Crippen LogP contribution in [0, 0.1) is 0 Å². The van der Waals surface area contributed by atoms with E-state index in [1.54, 1.807) is 0 Å². The Labute approximate surface area is 555 Å². The normalized spacial score (nSPS) is 12.8. The Hall–Kier alpha value is -1.25. The van der Waals surface area contributed by atoms with E-state index in [1.165, 1.54) is 385 Å². The lowest BCUT2D eigenvalue weighted by Crippen LogP contribution is -2.29. The number of rotatable bonds is 78. The summed E-state index contributed by atoms with van der Waals surface area (Å²) in [5.41, 5.74) is 5.41. The van der Waals surface area contributed by atoms with Crippen LogP contribution in [-0.2, 0) is 32.7 Å². The lowest BCUT2D eigenvalue weighted by Gasteiger charge is -2.19. The fourth-order valence-electron chi connectivity index (χ4n) is 12.7. The zero-order valence-electron chi connectivity index (χ0n) is 60.0. The number of allylic oxidation sites excluding steroid dienone is 2. The van der Waals surface area contributed by atoms with Crippen LogP contribution in [0.2, 0.25) is 0 Å². The molecule has 0 saturated heterocycles. The Morgan fingerprint density at radius 3 is 0.798 bits per heavy atom. The van der Waals surface area contributed by atoms with Gasteiger partial charge in [0.05, 0.1) is 13.2 Å². The van der Waals surface area contributed by atoms with Gasteiger partial charge in [0, 0.05) is 19.4 Å². The Morgan fingerprint density at radius 2 is 0.551 bits per heavy atom. The number of carbonyl (C=O) groups is 2. The number of phosphoric acid groups is 1. The Morgan fingerprint density at radius 1 is 0.326 bits per heavy atom. The summed E-state index contributed by atoms with van der Waals surface area (Å²) in [5, 5.41) is 0. The Kier molecular flexibility index (Phi) is 74.7. The van der Waals surface area contributed by atoms with E-state index in [-0.39, 0.29) is 38.6 Å². The molecule has 0 heterocycles. The summed E-state index contributed by atoms with van der Waals surface area (Å²) < 4.78 is 33.3. The Balaban J connectivity index is 3.71. The highest BCUT2D eigenvalue weighted by Gasteiger charge is 2.26. The van der Waals surface area contributed by atoms with E-state index in [0.717, 1.165) is 32.1 Å². The van der Waals surface area contributed by atoms with Crippen LogP contribution in [0.25, 0.3) is 0 Å². The summed E-state index contributed by atoms with van der Waals surface area (Å²) in [6, 6.07) is 0. The fourth-order valence-corrected chi connectivity index (χ4v) is 13.5. The van der Waals surface area contributed by atoms with Crippen molar-refractivity contribution in [1.82, 2.24) is 0 Å². The average molecular weight is 1280 g/mol. The molecule has 530 valence electrons. The van der Waals surface area contributed by atoms with Gasteiger partial charge in [-0.05, 0) is 38.5 Å². The molecule has 3 N–H and O–H groups in total. The molecule has 0 bridgehead atoms. The molecule has 2 atom stereocenters. The first-order valence-corrected chi connectivity index (χ1v) is 41.7. The molecular weight excluding hydrogens is 1120 g/mol. The number of hydrogen-bond acceptors (Lipinski definition) is 8. The van der Waals surface area contributed by atoms with Crippen molar-refractivity contribution in [3.63, 3.8) is 0 Å². The maximum absolute atomic E-state index is 12.8. The minimum atomic E-state index is -4.39. The molecule has 10 heteroatoms. The predicted octanol–water partition coefficient (Wildman–Crippen LogP) is 26.7. The molecule has 0 radical (unpaired) electrons. The number of nitrogens with two attached hydrogens (primary N) is 1. The second-order valence-corrected chi connectivity index (χ2v) is 29.1. The van der Waals surface area contributed by atoms with Crippen molar-refractivity contribution < 1.29 is 37.6 Å². The van der Waals surface area contributed by atoms with Gasteiger partial charge in [0.1, 0.15) is 6.61 Å². The maximum Gasteiger partial charge on any atom is 0.472 e. The molecule has 0 aliphatic heterocycles. The quantitative estimate of drug-likeness (QED) is 0.0264. The smallest absolute Gasteiger partial charge is 0.462 e. The van der Waals surface area contributed by atoms with Gasteiger partial charge in [0.2, 0.25) is 0 Å². The molecule has 0 aliphatic rings. The largest absolute Gasteiger partial charge is 0.472 e. The molecular formula is C79H156NO8P. The minimum Gasteiger partial charge on any atom is -0.462 e. The first-order valence-electron chi connectivity index (χ1n) is 40.2. The number of unbranched alkanes of at least 4 members (excludes halogenated alkanes) is 63. The van der Waals surface area contributed by atoms with Crippen LogP contribution in [-0.4, -0.2) is 49.3 Å². The number of phosphoric ester groups is 1. The van der Waals surface area contributed by atoms with Gasteiger partial charge in [-0.25, -0.2) is 4.57 Å².